The number of likely N-dealkylation sites (tertiary alicyclic amines) is 1. The van der Waals surface area contributed by atoms with Crippen LogP contribution in [-0.4, -0.2) is 47.2 Å². The normalized spacial score (nSPS) is 31.4. The van der Waals surface area contributed by atoms with Crippen LogP contribution in [-0.2, 0) is 20.7 Å². The second kappa shape index (κ2) is 6.64. The van der Waals surface area contributed by atoms with Gasteiger partial charge in [0.2, 0.25) is 5.91 Å². The predicted molar refractivity (Wildman–Crippen MR) is 91.9 cm³/mol. The van der Waals surface area contributed by atoms with Gasteiger partial charge in [-0.05, 0) is 30.7 Å². The fraction of sp³-hybridized carbons (Fsp3) is 0.500. The largest absolute Gasteiger partial charge is 0.481 e. The van der Waals surface area contributed by atoms with Crippen LogP contribution >= 0.6 is 0 Å². The second-order valence-electron chi connectivity index (χ2n) is 7.30. The first-order chi connectivity index (χ1) is 12.1. The summed E-state index contributed by atoms with van der Waals surface area (Å²) in [5.74, 6) is -1.72. The van der Waals surface area contributed by atoms with Gasteiger partial charge in [0, 0.05) is 13.1 Å². The van der Waals surface area contributed by atoms with Crippen LogP contribution in [0.4, 0.5) is 0 Å². The van der Waals surface area contributed by atoms with Crippen LogP contribution < -0.4 is 0 Å². The van der Waals surface area contributed by atoms with E-state index in [9.17, 15) is 14.7 Å². The molecule has 5 nitrogen and oxygen atoms in total. The number of aliphatic carboxylic acids is 1. The summed E-state index contributed by atoms with van der Waals surface area (Å²) in [5.41, 5.74) is 1.34. The number of piperidine rings is 1. The highest BCUT2D eigenvalue weighted by Gasteiger charge is 2.54. The molecule has 0 spiro atoms. The summed E-state index contributed by atoms with van der Waals surface area (Å²) in [7, 11) is 0. The van der Waals surface area contributed by atoms with Crippen LogP contribution in [0.3, 0.4) is 0 Å². The van der Waals surface area contributed by atoms with Crippen LogP contribution in [0, 0.1) is 17.8 Å². The summed E-state index contributed by atoms with van der Waals surface area (Å²) in [6, 6.07) is 10.4. The number of fused-ring (bicyclic) bond motifs is 2. The van der Waals surface area contributed by atoms with Gasteiger partial charge in [0.25, 0.3) is 0 Å². The van der Waals surface area contributed by atoms with Crippen molar-refractivity contribution in [2.24, 2.45) is 17.8 Å². The quantitative estimate of drug-likeness (QED) is 0.852. The lowest BCUT2D eigenvalue weighted by atomic mass is 9.81. The lowest BCUT2D eigenvalue weighted by molar-refractivity contribution is -0.150. The standard InChI is InChI=1S/C20H23NO4/c22-19(17-15-6-7-16(25-15)18(17)20(23)24)21-10-8-14(9-11-21)12-13-4-2-1-3-5-13/h1-7,14-18H,8-12H2,(H,23,24)/t15-,16+,17+,18+/m1/s1. The van der Waals surface area contributed by atoms with Crippen LogP contribution in [0.2, 0.25) is 0 Å². The molecule has 5 heteroatoms. The molecule has 4 atom stereocenters. The molecule has 3 heterocycles. The van der Waals surface area contributed by atoms with Crippen LogP contribution in [0.1, 0.15) is 18.4 Å². The summed E-state index contributed by atoms with van der Waals surface area (Å²) in [6.07, 6.45) is 5.77. The molecule has 2 bridgehead atoms. The van der Waals surface area contributed by atoms with E-state index in [-0.39, 0.29) is 12.0 Å². The van der Waals surface area contributed by atoms with Crippen molar-refractivity contribution in [3.05, 3.63) is 48.0 Å². The topological polar surface area (TPSA) is 66.8 Å². The Bertz CT molecular complexity index is 678. The fourth-order valence-corrected chi connectivity index (χ4v) is 4.41. The van der Waals surface area contributed by atoms with Crippen molar-refractivity contribution in [1.82, 2.24) is 4.90 Å². The van der Waals surface area contributed by atoms with E-state index in [4.69, 9.17) is 4.74 Å². The van der Waals surface area contributed by atoms with Crippen molar-refractivity contribution in [3.8, 4) is 0 Å². The minimum atomic E-state index is -0.936. The third-order valence-corrected chi connectivity index (χ3v) is 5.76. The van der Waals surface area contributed by atoms with Crippen molar-refractivity contribution in [1.29, 1.82) is 0 Å². The minimum Gasteiger partial charge on any atom is -0.481 e. The Balaban J connectivity index is 1.37. The number of hydrogen-bond donors (Lipinski definition) is 1. The average molecular weight is 341 g/mol. The molecule has 0 aromatic heterocycles. The summed E-state index contributed by atoms with van der Waals surface area (Å²) in [4.78, 5) is 26.3. The third kappa shape index (κ3) is 3.09. The smallest absolute Gasteiger partial charge is 0.310 e. The molecular formula is C20H23NO4. The molecule has 3 aliphatic heterocycles. The summed E-state index contributed by atoms with van der Waals surface area (Å²) >= 11 is 0. The second-order valence-corrected chi connectivity index (χ2v) is 7.30. The summed E-state index contributed by atoms with van der Waals surface area (Å²) < 4.78 is 5.63. The van der Waals surface area contributed by atoms with Gasteiger partial charge in [0.05, 0.1) is 18.1 Å². The maximum Gasteiger partial charge on any atom is 0.310 e. The van der Waals surface area contributed by atoms with E-state index in [1.54, 1.807) is 6.08 Å². The Morgan fingerprint density at radius 2 is 1.68 bits per heavy atom. The van der Waals surface area contributed by atoms with Crippen molar-refractivity contribution in [2.45, 2.75) is 31.5 Å². The Hall–Kier alpha value is -2.14. The number of benzene rings is 1. The van der Waals surface area contributed by atoms with Crippen molar-refractivity contribution >= 4 is 11.9 Å². The first-order valence-electron chi connectivity index (χ1n) is 9.03. The van der Waals surface area contributed by atoms with Crippen LogP contribution in [0.15, 0.2) is 42.5 Å². The SMILES string of the molecule is O=C(O)[C@@H]1[C@@H](C(=O)N2CCC(Cc3ccccc3)CC2)[C@H]2C=C[C@@H]1O2. The molecular weight excluding hydrogens is 318 g/mol. The molecule has 0 aliphatic carbocycles. The number of amides is 1. The average Bonchev–Trinajstić information content (AvgIpc) is 3.24. The molecule has 4 rings (SSSR count). The number of carboxylic acid groups (broad SMARTS) is 1. The van der Waals surface area contributed by atoms with E-state index in [0.717, 1.165) is 19.3 Å². The zero-order chi connectivity index (χ0) is 17.4. The molecule has 0 saturated carbocycles. The number of carbonyl (C=O) groups excluding carboxylic acids is 1. The van der Waals surface area contributed by atoms with Gasteiger partial charge in [-0.15, -0.1) is 0 Å². The number of carboxylic acids is 1. The van der Waals surface area contributed by atoms with Gasteiger partial charge in [-0.2, -0.15) is 0 Å². The van der Waals surface area contributed by atoms with Gasteiger partial charge in [-0.1, -0.05) is 42.5 Å². The molecule has 2 fully saturated rings. The third-order valence-electron chi connectivity index (χ3n) is 5.76. The Kier molecular flexibility index (Phi) is 4.34. The fourth-order valence-electron chi connectivity index (χ4n) is 4.41. The Morgan fingerprint density at radius 3 is 2.32 bits per heavy atom. The first-order valence-corrected chi connectivity index (χ1v) is 9.03. The molecule has 1 N–H and O–H groups in total. The van der Waals surface area contributed by atoms with Gasteiger partial charge in [-0.3, -0.25) is 9.59 Å². The predicted octanol–water partition coefficient (Wildman–Crippen LogP) is 2.12. The van der Waals surface area contributed by atoms with E-state index >= 15 is 0 Å². The highest BCUT2D eigenvalue weighted by molar-refractivity contribution is 5.87. The van der Waals surface area contributed by atoms with E-state index in [1.165, 1.54) is 5.56 Å². The highest BCUT2D eigenvalue weighted by Crippen LogP contribution is 2.40. The molecule has 3 aliphatic rings. The number of ether oxygens (including phenoxy) is 1. The van der Waals surface area contributed by atoms with Crippen molar-refractivity contribution in [3.63, 3.8) is 0 Å². The van der Waals surface area contributed by atoms with Crippen LogP contribution in [0.25, 0.3) is 0 Å². The Morgan fingerprint density at radius 1 is 1.04 bits per heavy atom. The molecule has 1 aromatic rings. The first kappa shape index (κ1) is 16.3. The van der Waals surface area contributed by atoms with Gasteiger partial charge in [0.1, 0.15) is 5.92 Å². The number of carbonyl (C=O) groups is 2. The maximum absolute atomic E-state index is 12.9. The molecule has 0 radical (unpaired) electrons. The lowest BCUT2D eigenvalue weighted by Crippen LogP contribution is -2.47. The minimum absolute atomic E-state index is 0.0533. The molecule has 25 heavy (non-hydrogen) atoms. The van der Waals surface area contributed by atoms with E-state index in [1.807, 2.05) is 17.0 Å². The molecule has 0 unspecified atom stereocenters. The summed E-state index contributed by atoms with van der Waals surface area (Å²) in [6.45, 7) is 1.42. The monoisotopic (exact) mass is 341 g/mol. The highest BCUT2D eigenvalue weighted by atomic mass is 16.5. The van der Waals surface area contributed by atoms with E-state index < -0.39 is 23.9 Å². The zero-order valence-corrected chi connectivity index (χ0v) is 14.1. The number of hydrogen-bond acceptors (Lipinski definition) is 3. The van der Waals surface area contributed by atoms with E-state index in [0.29, 0.717) is 19.0 Å². The van der Waals surface area contributed by atoms with Gasteiger partial charge < -0.3 is 14.7 Å². The van der Waals surface area contributed by atoms with Gasteiger partial charge in [0.15, 0.2) is 0 Å². The molecule has 1 aromatic carbocycles. The zero-order valence-electron chi connectivity index (χ0n) is 14.1. The Labute approximate surface area is 147 Å². The van der Waals surface area contributed by atoms with E-state index in [2.05, 4.69) is 24.3 Å². The van der Waals surface area contributed by atoms with Crippen LogP contribution in [0.5, 0.6) is 0 Å². The van der Waals surface area contributed by atoms with Crippen molar-refractivity contribution in [2.75, 3.05) is 13.1 Å². The number of rotatable bonds is 4. The van der Waals surface area contributed by atoms with Gasteiger partial charge >= 0.3 is 5.97 Å². The van der Waals surface area contributed by atoms with Gasteiger partial charge in [-0.25, -0.2) is 0 Å². The van der Waals surface area contributed by atoms with Crippen molar-refractivity contribution < 1.29 is 19.4 Å². The number of nitrogens with zero attached hydrogens (tertiary/aromatic N) is 1. The molecule has 1 amide bonds. The lowest BCUT2D eigenvalue weighted by Gasteiger charge is -2.35. The summed E-state index contributed by atoms with van der Waals surface area (Å²) in [5, 5.41) is 9.47. The molecule has 2 saturated heterocycles. The maximum atomic E-state index is 12.9. The molecule has 132 valence electrons.